The zero-order valence-electron chi connectivity index (χ0n) is 11.8. The lowest BCUT2D eigenvalue weighted by atomic mass is 10.1. The molecule has 0 heterocycles. The van der Waals surface area contributed by atoms with Gasteiger partial charge in [0.25, 0.3) is 11.4 Å². The van der Waals surface area contributed by atoms with Crippen LogP contribution in [0.3, 0.4) is 0 Å². The van der Waals surface area contributed by atoms with Crippen LogP contribution in [0.1, 0.15) is 15.9 Å². The number of amides is 1. The van der Waals surface area contributed by atoms with E-state index in [2.05, 4.69) is 5.32 Å². The van der Waals surface area contributed by atoms with E-state index in [0.29, 0.717) is 0 Å². The smallest absolute Gasteiger partial charge is 0.300 e. The van der Waals surface area contributed by atoms with Gasteiger partial charge < -0.3 is 11.1 Å². The first-order valence-electron chi connectivity index (χ1n) is 6.44. The summed E-state index contributed by atoms with van der Waals surface area (Å²) in [5, 5.41) is 25.0. The molecular weight excluding hydrogens is 304 g/mol. The monoisotopic (exact) mass is 316 g/mol. The third kappa shape index (κ3) is 3.59. The lowest BCUT2D eigenvalue weighted by Gasteiger charge is -2.09. The molecule has 0 saturated heterocycles. The van der Waals surface area contributed by atoms with Crippen molar-refractivity contribution in [2.45, 2.75) is 6.54 Å². The van der Waals surface area contributed by atoms with Gasteiger partial charge in [-0.15, -0.1) is 0 Å². The van der Waals surface area contributed by atoms with Crippen LogP contribution in [0.15, 0.2) is 42.5 Å². The van der Waals surface area contributed by atoms with Gasteiger partial charge in [-0.2, -0.15) is 0 Å². The van der Waals surface area contributed by atoms with Crippen LogP contribution in [0.25, 0.3) is 0 Å². The minimum Gasteiger partial charge on any atom is -0.370 e. The molecule has 0 aliphatic carbocycles. The van der Waals surface area contributed by atoms with Gasteiger partial charge in [-0.25, -0.2) is 0 Å². The van der Waals surface area contributed by atoms with Crippen LogP contribution in [0.5, 0.6) is 0 Å². The number of rotatable bonds is 6. The van der Waals surface area contributed by atoms with Gasteiger partial charge >= 0.3 is 0 Å². The van der Waals surface area contributed by atoms with Crippen LogP contribution in [0, 0.1) is 20.2 Å². The normalized spacial score (nSPS) is 10.1. The van der Waals surface area contributed by atoms with Crippen molar-refractivity contribution in [1.29, 1.82) is 0 Å². The van der Waals surface area contributed by atoms with E-state index in [1.165, 1.54) is 0 Å². The van der Waals surface area contributed by atoms with Crippen molar-refractivity contribution in [1.82, 2.24) is 0 Å². The van der Waals surface area contributed by atoms with E-state index in [-0.39, 0.29) is 17.8 Å². The number of nitrogens with two attached hydrogens (primary N) is 1. The highest BCUT2D eigenvalue weighted by molar-refractivity contribution is 5.96. The molecule has 2 aromatic carbocycles. The van der Waals surface area contributed by atoms with Gasteiger partial charge in [0.1, 0.15) is 0 Å². The Morgan fingerprint density at radius 3 is 2.00 bits per heavy atom. The first kappa shape index (κ1) is 15.9. The molecule has 1 amide bonds. The van der Waals surface area contributed by atoms with Crippen molar-refractivity contribution in [2.24, 2.45) is 5.73 Å². The maximum Gasteiger partial charge on any atom is 0.300 e. The topological polar surface area (TPSA) is 141 Å². The number of nitro groups is 2. The Kier molecular flexibility index (Phi) is 4.50. The summed E-state index contributed by atoms with van der Waals surface area (Å²) in [5.41, 5.74) is 4.12. The molecule has 2 aromatic rings. The molecule has 0 fully saturated rings. The average molecular weight is 316 g/mol. The summed E-state index contributed by atoms with van der Waals surface area (Å²) in [6.07, 6.45) is 0. The highest BCUT2D eigenvalue weighted by Gasteiger charge is 2.27. The fourth-order valence-corrected chi connectivity index (χ4v) is 2.01. The number of nitro benzene ring substituents is 2. The summed E-state index contributed by atoms with van der Waals surface area (Å²) >= 11 is 0. The molecule has 0 unspecified atom stereocenters. The Hall–Kier alpha value is -3.49. The Morgan fingerprint density at radius 1 is 1.04 bits per heavy atom. The zero-order chi connectivity index (χ0) is 17.0. The number of nitrogens with one attached hydrogen (secondary N) is 1. The minimum absolute atomic E-state index is 0.151. The summed E-state index contributed by atoms with van der Waals surface area (Å²) in [6.45, 7) is 0.151. The standard InChI is InChI=1S/C14H12N4O5/c15-14(19)10-6-11(17(20)21)13(12(7-10)18(22)23)16-8-9-4-2-1-3-5-9/h1-7,16H,8H2,(H2,15,19). The van der Waals surface area contributed by atoms with Gasteiger partial charge in [-0.3, -0.25) is 25.0 Å². The van der Waals surface area contributed by atoms with Crippen LogP contribution in [-0.4, -0.2) is 15.8 Å². The van der Waals surface area contributed by atoms with Crippen molar-refractivity contribution in [3.8, 4) is 0 Å². The SMILES string of the molecule is NC(=O)c1cc([N+](=O)[O-])c(NCc2ccccc2)c([N+](=O)[O-])c1. The van der Waals surface area contributed by atoms with E-state index in [0.717, 1.165) is 17.7 Å². The molecule has 0 aliphatic rings. The largest absolute Gasteiger partial charge is 0.370 e. The highest BCUT2D eigenvalue weighted by Crippen LogP contribution is 2.36. The second-order valence-electron chi connectivity index (χ2n) is 4.61. The Balaban J connectivity index is 2.48. The van der Waals surface area contributed by atoms with Gasteiger partial charge in [-0.1, -0.05) is 30.3 Å². The predicted octanol–water partition coefficient (Wildman–Crippen LogP) is 2.21. The third-order valence-electron chi connectivity index (χ3n) is 3.09. The number of benzene rings is 2. The predicted molar refractivity (Wildman–Crippen MR) is 82.0 cm³/mol. The number of primary amides is 1. The van der Waals surface area contributed by atoms with Crippen LogP contribution in [0.4, 0.5) is 17.1 Å². The van der Waals surface area contributed by atoms with Gasteiger partial charge in [0.2, 0.25) is 5.91 Å². The molecule has 0 atom stereocenters. The summed E-state index contributed by atoms with van der Waals surface area (Å²) in [4.78, 5) is 31.9. The molecule has 2 rings (SSSR count). The second-order valence-corrected chi connectivity index (χ2v) is 4.61. The van der Waals surface area contributed by atoms with Gasteiger partial charge in [0, 0.05) is 18.7 Å². The van der Waals surface area contributed by atoms with E-state index < -0.39 is 27.1 Å². The number of hydrogen-bond donors (Lipinski definition) is 2. The summed E-state index contributed by atoms with van der Waals surface area (Å²) in [5.74, 6) is -0.981. The highest BCUT2D eigenvalue weighted by atomic mass is 16.6. The number of anilines is 1. The van der Waals surface area contributed by atoms with E-state index in [1.54, 1.807) is 30.3 Å². The van der Waals surface area contributed by atoms with E-state index in [1.807, 2.05) is 0 Å². The molecule has 0 radical (unpaired) electrons. The van der Waals surface area contributed by atoms with Crippen molar-refractivity contribution in [3.05, 3.63) is 73.8 Å². The molecule has 0 bridgehead atoms. The molecule has 0 saturated carbocycles. The molecular formula is C14H12N4O5. The average Bonchev–Trinajstić information content (AvgIpc) is 2.52. The Morgan fingerprint density at radius 2 is 1.57 bits per heavy atom. The lowest BCUT2D eigenvalue weighted by Crippen LogP contribution is -2.13. The molecule has 118 valence electrons. The Labute approximate surface area is 130 Å². The zero-order valence-corrected chi connectivity index (χ0v) is 11.8. The number of carbonyl (C=O) groups excluding carboxylic acids is 1. The van der Waals surface area contributed by atoms with Gasteiger partial charge in [0.15, 0.2) is 5.69 Å². The van der Waals surface area contributed by atoms with Crippen molar-refractivity contribution >= 4 is 23.0 Å². The first-order valence-corrected chi connectivity index (χ1v) is 6.44. The molecule has 0 aromatic heterocycles. The second kappa shape index (κ2) is 6.52. The fraction of sp³-hybridized carbons (Fsp3) is 0.0714. The van der Waals surface area contributed by atoms with E-state index >= 15 is 0 Å². The molecule has 0 aliphatic heterocycles. The van der Waals surface area contributed by atoms with Crippen molar-refractivity contribution in [3.63, 3.8) is 0 Å². The van der Waals surface area contributed by atoms with Crippen LogP contribution in [-0.2, 0) is 6.54 Å². The quantitative estimate of drug-likeness (QED) is 0.618. The van der Waals surface area contributed by atoms with Crippen molar-refractivity contribution in [2.75, 3.05) is 5.32 Å². The fourth-order valence-electron chi connectivity index (χ4n) is 2.01. The number of nitrogens with zero attached hydrogens (tertiary/aromatic N) is 2. The van der Waals surface area contributed by atoms with Gasteiger partial charge in [-0.05, 0) is 5.56 Å². The maximum atomic E-state index is 11.2. The number of hydrogen-bond acceptors (Lipinski definition) is 6. The third-order valence-corrected chi connectivity index (χ3v) is 3.09. The lowest BCUT2D eigenvalue weighted by molar-refractivity contribution is -0.392. The van der Waals surface area contributed by atoms with Gasteiger partial charge in [0.05, 0.1) is 15.4 Å². The maximum absolute atomic E-state index is 11.2. The molecule has 9 heteroatoms. The van der Waals surface area contributed by atoms with Crippen molar-refractivity contribution < 1.29 is 14.6 Å². The van der Waals surface area contributed by atoms with Crippen LogP contribution in [0.2, 0.25) is 0 Å². The molecule has 3 N–H and O–H groups in total. The first-order chi connectivity index (χ1) is 10.9. The van der Waals surface area contributed by atoms with Crippen LogP contribution < -0.4 is 11.1 Å². The summed E-state index contributed by atoms with van der Waals surface area (Å²) < 4.78 is 0. The van der Waals surface area contributed by atoms with Crippen LogP contribution >= 0.6 is 0 Å². The minimum atomic E-state index is -0.981. The summed E-state index contributed by atoms with van der Waals surface area (Å²) in [7, 11) is 0. The summed E-state index contributed by atoms with van der Waals surface area (Å²) in [6, 6.07) is 10.7. The van der Waals surface area contributed by atoms with E-state index in [4.69, 9.17) is 5.73 Å². The molecule has 0 spiro atoms. The molecule has 23 heavy (non-hydrogen) atoms. The number of carbonyl (C=O) groups is 1. The Bertz CT molecular complexity index is 741. The van der Waals surface area contributed by atoms with E-state index in [9.17, 15) is 25.0 Å². The molecule has 9 nitrogen and oxygen atoms in total.